The molecule has 0 spiro atoms. The summed E-state index contributed by atoms with van der Waals surface area (Å²) in [5.74, 6) is 0.860. The summed E-state index contributed by atoms with van der Waals surface area (Å²) >= 11 is 5.40. The van der Waals surface area contributed by atoms with E-state index in [1.807, 2.05) is 30.3 Å². The van der Waals surface area contributed by atoms with Gasteiger partial charge in [-0.05, 0) is 29.9 Å². The summed E-state index contributed by atoms with van der Waals surface area (Å²) in [6, 6.07) is 18.8. The van der Waals surface area contributed by atoms with Crippen LogP contribution in [0.3, 0.4) is 0 Å². The van der Waals surface area contributed by atoms with Gasteiger partial charge in [-0.1, -0.05) is 42.5 Å². The molecule has 0 saturated heterocycles. The molecule has 0 unspecified atom stereocenters. The van der Waals surface area contributed by atoms with Crippen molar-refractivity contribution in [2.75, 3.05) is 27.7 Å². The first kappa shape index (κ1) is 18.2. The van der Waals surface area contributed by atoms with Gasteiger partial charge >= 0.3 is 0 Å². The highest BCUT2D eigenvalue weighted by Crippen LogP contribution is 2.11. The zero-order valence-corrected chi connectivity index (χ0v) is 15.3. The molecule has 24 heavy (non-hydrogen) atoms. The summed E-state index contributed by atoms with van der Waals surface area (Å²) in [4.78, 5) is 1.37. The van der Waals surface area contributed by atoms with Crippen molar-refractivity contribution in [3.63, 3.8) is 0 Å². The molecular weight excluding hydrogens is 318 g/mol. The molecule has 2 aromatic rings. The molecule has 0 aliphatic carbocycles. The number of likely N-dealkylation sites (N-methyl/N-ethyl adjacent to an activating group) is 1. The lowest BCUT2D eigenvalue weighted by atomic mass is 10.1. The maximum Gasteiger partial charge on any atom is 0.166 e. The van der Waals surface area contributed by atoms with Crippen LogP contribution in [0.1, 0.15) is 17.2 Å². The molecular formula is C19H26N3OS+. The average Bonchev–Trinajstić information content (AvgIpc) is 2.61. The van der Waals surface area contributed by atoms with Crippen LogP contribution in [0.15, 0.2) is 54.6 Å². The van der Waals surface area contributed by atoms with E-state index in [0.29, 0.717) is 17.7 Å². The molecule has 4 nitrogen and oxygen atoms in total. The van der Waals surface area contributed by atoms with Crippen LogP contribution in [0.25, 0.3) is 0 Å². The molecule has 1 atom stereocenters. The molecule has 0 aromatic heterocycles. The molecule has 0 amide bonds. The lowest BCUT2D eigenvalue weighted by Gasteiger charge is -2.23. The number of hydrogen-bond donors (Lipinski definition) is 3. The van der Waals surface area contributed by atoms with Crippen LogP contribution in [0.2, 0.25) is 0 Å². The standard InChI is InChI=1S/C19H25N3OS/c1-22(2)18(16-7-5-4-6-8-16)14-21-19(24)20-13-15-9-11-17(23-3)12-10-15/h4-12,18H,13-14H2,1-3H3,(H2,20,21,24)/p+1/t18-/m0/s1. The first-order valence-corrected chi connectivity index (χ1v) is 8.50. The Kier molecular flexibility index (Phi) is 7.03. The second-order valence-corrected chi connectivity index (χ2v) is 6.36. The van der Waals surface area contributed by atoms with Crippen molar-refractivity contribution in [2.24, 2.45) is 0 Å². The minimum Gasteiger partial charge on any atom is -0.497 e. The van der Waals surface area contributed by atoms with E-state index in [1.165, 1.54) is 10.5 Å². The third-order valence-electron chi connectivity index (χ3n) is 3.98. The molecule has 0 bridgehead atoms. The van der Waals surface area contributed by atoms with Crippen molar-refractivity contribution in [3.05, 3.63) is 65.7 Å². The van der Waals surface area contributed by atoms with Gasteiger partial charge in [0, 0.05) is 12.1 Å². The number of benzene rings is 2. The Bertz CT molecular complexity index is 629. The summed E-state index contributed by atoms with van der Waals surface area (Å²) in [6.07, 6.45) is 0. The number of methoxy groups -OCH3 is 1. The predicted octanol–water partition coefficient (Wildman–Crippen LogP) is 1.55. The molecule has 0 heterocycles. The minimum absolute atomic E-state index is 0.354. The second-order valence-electron chi connectivity index (χ2n) is 5.95. The first-order chi connectivity index (χ1) is 11.6. The zero-order chi connectivity index (χ0) is 17.4. The molecule has 2 rings (SSSR count). The van der Waals surface area contributed by atoms with Crippen molar-refractivity contribution in [1.29, 1.82) is 0 Å². The summed E-state index contributed by atoms with van der Waals surface area (Å²) in [5.41, 5.74) is 2.47. The van der Waals surface area contributed by atoms with Crippen LogP contribution in [-0.2, 0) is 6.54 Å². The number of hydrogen-bond acceptors (Lipinski definition) is 2. The van der Waals surface area contributed by atoms with Crippen molar-refractivity contribution >= 4 is 17.3 Å². The van der Waals surface area contributed by atoms with Crippen molar-refractivity contribution in [2.45, 2.75) is 12.6 Å². The fraction of sp³-hybridized carbons (Fsp3) is 0.316. The van der Waals surface area contributed by atoms with Gasteiger partial charge in [0.05, 0.1) is 27.7 Å². The van der Waals surface area contributed by atoms with E-state index in [1.54, 1.807) is 7.11 Å². The fourth-order valence-corrected chi connectivity index (χ4v) is 2.68. The quantitative estimate of drug-likeness (QED) is 0.666. The lowest BCUT2D eigenvalue weighted by Crippen LogP contribution is -3.07. The first-order valence-electron chi connectivity index (χ1n) is 8.09. The number of ether oxygens (including phenoxy) is 1. The Labute approximate surface area is 149 Å². The highest BCUT2D eigenvalue weighted by molar-refractivity contribution is 7.80. The topological polar surface area (TPSA) is 37.7 Å². The van der Waals surface area contributed by atoms with Crippen LogP contribution in [0.4, 0.5) is 0 Å². The van der Waals surface area contributed by atoms with Crippen molar-refractivity contribution in [3.8, 4) is 5.75 Å². The maximum atomic E-state index is 5.40. The van der Waals surface area contributed by atoms with Gasteiger partial charge in [0.2, 0.25) is 0 Å². The molecule has 5 heteroatoms. The second kappa shape index (κ2) is 9.25. The van der Waals surface area contributed by atoms with Gasteiger partial charge in [-0.3, -0.25) is 0 Å². The SMILES string of the molecule is COc1ccc(CNC(=S)NC[C@@H](c2ccccc2)[NH+](C)C)cc1. The Hall–Kier alpha value is -2.11. The lowest BCUT2D eigenvalue weighted by molar-refractivity contribution is -0.890. The third-order valence-corrected chi connectivity index (χ3v) is 4.27. The largest absolute Gasteiger partial charge is 0.497 e. The molecule has 3 N–H and O–H groups in total. The van der Waals surface area contributed by atoms with Gasteiger partial charge in [-0.25, -0.2) is 0 Å². The molecule has 0 aliphatic heterocycles. The number of nitrogens with one attached hydrogen (secondary N) is 3. The van der Waals surface area contributed by atoms with Gasteiger partial charge in [0.1, 0.15) is 11.8 Å². The van der Waals surface area contributed by atoms with E-state index >= 15 is 0 Å². The summed E-state index contributed by atoms with van der Waals surface area (Å²) < 4.78 is 5.16. The summed E-state index contributed by atoms with van der Waals surface area (Å²) in [6.45, 7) is 1.49. The van der Waals surface area contributed by atoms with Gasteiger partial charge < -0.3 is 20.3 Å². The minimum atomic E-state index is 0.354. The van der Waals surface area contributed by atoms with Gasteiger partial charge in [0.15, 0.2) is 5.11 Å². The van der Waals surface area contributed by atoms with Gasteiger partial charge in [0.25, 0.3) is 0 Å². The van der Waals surface area contributed by atoms with Crippen LogP contribution < -0.4 is 20.3 Å². The smallest absolute Gasteiger partial charge is 0.166 e. The van der Waals surface area contributed by atoms with E-state index < -0.39 is 0 Å². The highest BCUT2D eigenvalue weighted by atomic mass is 32.1. The van der Waals surface area contributed by atoms with Gasteiger partial charge in [-0.15, -0.1) is 0 Å². The maximum absolute atomic E-state index is 5.40. The summed E-state index contributed by atoms with van der Waals surface area (Å²) in [7, 11) is 5.99. The predicted molar refractivity (Wildman–Crippen MR) is 102 cm³/mol. The zero-order valence-electron chi connectivity index (χ0n) is 14.5. The van der Waals surface area contributed by atoms with Crippen molar-refractivity contribution in [1.82, 2.24) is 10.6 Å². The Morgan fingerprint density at radius 2 is 1.71 bits per heavy atom. The van der Waals surface area contributed by atoms with Crippen molar-refractivity contribution < 1.29 is 9.64 Å². The number of quaternary nitrogens is 1. The number of thiocarbonyl (C=S) groups is 1. The molecule has 0 fully saturated rings. The van der Waals surface area contributed by atoms with E-state index in [9.17, 15) is 0 Å². The monoisotopic (exact) mass is 344 g/mol. The Balaban J connectivity index is 1.82. The van der Waals surface area contributed by atoms with E-state index in [0.717, 1.165) is 17.9 Å². The fourth-order valence-electron chi connectivity index (χ4n) is 2.52. The average molecular weight is 345 g/mol. The highest BCUT2D eigenvalue weighted by Gasteiger charge is 2.17. The molecule has 0 aliphatic rings. The van der Waals surface area contributed by atoms with Crippen LogP contribution in [0, 0.1) is 0 Å². The molecule has 0 saturated carbocycles. The van der Waals surface area contributed by atoms with Crippen LogP contribution >= 0.6 is 12.2 Å². The van der Waals surface area contributed by atoms with Crippen LogP contribution in [0.5, 0.6) is 5.75 Å². The Morgan fingerprint density at radius 1 is 1.04 bits per heavy atom. The summed E-state index contributed by atoms with van der Waals surface area (Å²) in [5, 5.41) is 7.26. The third kappa shape index (κ3) is 5.51. The van der Waals surface area contributed by atoms with Gasteiger partial charge in [-0.2, -0.15) is 0 Å². The number of rotatable bonds is 7. The Morgan fingerprint density at radius 3 is 2.29 bits per heavy atom. The molecule has 2 aromatic carbocycles. The van der Waals surface area contributed by atoms with Crippen LogP contribution in [-0.4, -0.2) is 32.9 Å². The van der Waals surface area contributed by atoms with E-state index in [2.05, 4.69) is 49.0 Å². The molecule has 0 radical (unpaired) electrons. The molecule has 128 valence electrons. The van der Waals surface area contributed by atoms with E-state index in [4.69, 9.17) is 17.0 Å². The van der Waals surface area contributed by atoms with E-state index in [-0.39, 0.29) is 0 Å². The normalized spacial score (nSPS) is 11.8.